The quantitative estimate of drug-likeness (QED) is 0.171. The van der Waals surface area contributed by atoms with E-state index in [1.54, 1.807) is 60.4 Å². The van der Waals surface area contributed by atoms with Crippen LogP contribution in [0.25, 0.3) is 5.69 Å². The van der Waals surface area contributed by atoms with E-state index in [1.165, 1.54) is 21.3 Å². The number of amides is 1. The monoisotopic (exact) mass is 706 g/mol. The van der Waals surface area contributed by atoms with E-state index < -0.39 is 17.4 Å². The van der Waals surface area contributed by atoms with Crippen molar-refractivity contribution in [1.29, 1.82) is 5.26 Å². The molecular weight excluding hydrogens is 679 g/mol. The van der Waals surface area contributed by atoms with E-state index in [4.69, 9.17) is 26.3 Å². The average Bonchev–Trinajstić information content (AvgIpc) is 3.82. The van der Waals surface area contributed by atoms with E-state index in [9.17, 15) is 14.4 Å². The van der Waals surface area contributed by atoms with E-state index in [2.05, 4.69) is 15.9 Å². The molecule has 6 rings (SSSR count). The molecule has 4 aromatic rings. The van der Waals surface area contributed by atoms with Crippen LogP contribution in [0.4, 0.5) is 4.39 Å². The van der Waals surface area contributed by atoms with Gasteiger partial charge in [0.05, 0.1) is 29.1 Å². The maximum Gasteiger partial charge on any atom is 0.333 e. The van der Waals surface area contributed by atoms with Crippen LogP contribution in [0.5, 0.6) is 11.5 Å². The lowest BCUT2D eigenvalue weighted by Crippen LogP contribution is -2.41. The van der Waals surface area contributed by atoms with Gasteiger partial charge in [-0.2, -0.15) is 5.26 Å². The van der Waals surface area contributed by atoms with E-state index in [0.29, 0.717) is 37.8 Å². The maximum absolute atomic E-state index is 15.1. The smallest absolute Gasteiger partial charge is 0.333 e. The van der Waals surface area contributed by atoms with Crippen LogP contribution < -0.4 is 15.2 Å². The summed E-state index contributed by atoms with van der Waals surface area (Å²) in [5, 5.41) is 9.14. The fraction of sp³-hybridized carbons (Fsp3) is 0.294. The third-order valence-electron chi connectivity index (χ3n) is 8.12. The number of rotatable bonds is 10. The zero-order valence-electron chi connectivity index (χ0n) is 24.8. The maximum atomic E-state index is 15.1. The SMILES string of the molecule is C[C@@H](CC(=O)c1c2n(c(=O)n1-c1ccc(OC3CC3)cc1)CCN(C(=O)c1ccc(Br)c(Cl)c1)C2)c1ccc(OCC#N)cc1F. The van der Waals surface area contributed by atoms with Crippen LogP contribution >= 0.6 is 27.5 Å². The van der Waals surface area contributed by atoms with Crippen molar-refractivity contribution in [1.82, 2.24) is 14.0 Å². The zero-order chi connectivity index (χ0) is 32.5. The van der Waals surface area contributed by atoms with Crippen molar-refractivity contribution in [2.45, 2.75) is 51.3 Å². The summed E-state index contributed by atoms with van der Waals surface area (Å²) in [4.78, 5) is 43.2. The summed E-state index contributed by atoms with van der Waals surface area (Å²) in [7, 11) is 0. The number of ketones is 1. The number of carbonyl (C=O) groups is 2. The summed E-state index contributed by atoms with van der Waals surface area (Å²) in [6.45, 7) is 1.98. The molecule has 2 heterocycles. The Labute approximate surface area is 277 Å². The Morgan fingerprint density at radius 2 is 1.83 bits per heavy atom. The van der Waals surface area contributed by atoms with Gasteiger partial charge in [0.15, 0.2) is 12.4 Å². The molecule has 0 spiro atoms. The largest absolute Gasteiger partial charge is 0.490 e. The highest BCUT2D eigenvalue weighted by Gasteiger charge is 2.33. The number of nitriles is 1. The third-order valence-corrected chi connectivity index (χ3v) is 9.35. The number of halogens is 3. The van der Waals surface area contributed by atoms with E-state index in [0.717, 1.165) is 12.8 Å². The standard InChI is InChI=1S/C34H29BrClFN4O5/c1-20(26-10-9-25(18-29(26)37)45-15-12-38)16-31(42)32-30-19-39(33(43)21-2-11-27(35)28(36)17-21)13-14-40(30)34(44)41(32)22-3-5-23(6-4-22)46-24-7-8-24/h2-6,9-11,17-18,20,24H,7-8,13-16,19H2,1H3/t20-/m0/s1. The molecule has 0 bridgehead atoms. The van der Waals surface area contributed by atoms with Gasteiger partial charge in [0, 0.05) is 35.6 Å². The van der Waals surface area contributed by atoms with Crippen LogP contribution in [0.2, 0.25) is 5.02 Å². The van der Waals surface area contributed by atoms with Crippen molar-refractivity contribution in [3.63, 3.8) is 0 Å². The molecule has 0 radical (unpaired) electrons. The number of aromatic nitrogens is 2. The van der Waals surface area contributed by atoms with Gasteiger partial charge in [-0.25, -0.2) is 9.18 Å². The highest BCUT2D eigenvalue weighted by molar-refractivity contribution is 9.10. The second kappa shape index (κ2) is 13.1. The third kappa shape index (κ3) is 6.46. The molecule has 1 aromatic heterocycles. The van der Waals surface area contributed by atoms with E-state index in [-0.39, 0.29) is 61.9 Å². The molecule has 236 valence electrons. The molecule has 1 aliphatic carbocycles. The Hall–Kier alpha value is -4.40. The minimum atomic E-state index is -0.566. The summed E-state index contributed by atoms with van der Waals surface area (Å²) >= 11 is 9.60. The molecule has 1 saturated carbocycles. The summed E-state index contributed by atoms with van der Waals surface area (Å²) < 4.78 is 29.7. The molecule has 1 atom stereocenters. The van der Waals surface area contributed by atoms with Gasteiger partial charge in [-0.15, -0.1) is 0 Å². The molecule has 1 fully saturated rings. The molecule has 3 aromatic carbocycles. The Morgan fingerprint density at radius 1 is 1.09 bits per heavy atom. The first-order valence-electron chi connectivity index (χ1n) is 14.8. The number of hydrogen-bond acceptors (Lipinski definition) is 6. The fourth-order valence-corrected chi connectivity index (χ4v) is 6.05. The molecule has 1 aliphatic heterocycles. The van der Waals surface area contributed by atoms with Crippen LogP contribution in [-0.4, -0.2) is 45.0 Å². The van der Waals surface area contributed by atoms with Crippen LogP contribution in [-0.2, 0) is 13.1 Å². The van der Waals surface area contributed by atoms with Crippen molar-refractivity contribution in [2.75, 3.05) is 13.2 Å². The van der Waals surface area contributed by atoms with Crippen molar-refractivity contribution in [3.05, 3.63) is 109 Å². The molecule has 2 aliphatic rings. The topological polar surface area (TPSA) is 107 Å². The Morgan fingerprint density at radius 3 is 2.50 bits per heavy atom. The van der Waals surface area contributed by atoms with Crippen molar-refractivity contribution in [2.24, 2.45) is 0 Å². The highest BCUT2D eigenvalue weighted by atomic mass is 79.9. The second-order valence-corrected chi connectivity index (χ2v) is 12.7. The first-order valence-corrected chi connectivity index (χ1v) is 16.0. The predicted octanol–water partition coefficient (Wildman–Crippen LogP) is 6.67. The van der Waals surface area contributed by atoms with E-state index in [1.807, 2.05) is 6.07 Å². The number of fused-ring (bicyclic) bond motifs is 1. The first kappa shape index (κ1) is 31.6. The Balaban J connectivity index is 1.35. The summed E-state index contributed by atoms with van der Waals surface area (Å²) in [5.41, 5.74) is 1.32. The average molecular weight is 708 g/mol. The molecule has 46 heavy (non-hydrogen) atoms. The van der Waals surface area contributed by atoms with Crippen molar-refractivity contribution < 1.29 is 23.5 Å². The van der Waals surface area contributed by atoms with Crippen LogP contribution in [0.3, 0.4) is 0 Å². The number of Topliss-reactive ketones (excluding diaryl/α,β-unsaturated/α-hetero) is 1. The second-order valence-electron chi connectivity index (χ2n) is 11.4. The Bertz CT molecular complexity index is 1930. The number of nitrogens with zero attached hydrogens (tertiary/aromatic N) is 4. The van der Waals surface area contributed by atoms with Crippen LogP contribution in [0, 0.1) is 17.1 Å². The number of ether oxygens (including phenoxy) is 2. The molecule has 0 N–H and O–H groups in total. The Kier molecular flexibility index (Phi) is 9.02. The van der Waals surface area contributed by atoms with Crippen LogP contribution in [0.1, 0.15) is 64.2 Å². The molecule has 0 unspecified atom stereocenters. The van der Waals surface area contributed by atoms with Gasteiger partial charge in [0.25, 0.3) is 5.91 Å². The number of imidazole rings is 1. The summed E-state index contributed by atoms with van der Waals surface area (Å²) in [5.74, 6) is -0.896. The number of carbonyl (C=O) groups excluding carboxylic acids is 2. The van der Waals surface area contributed by atoms with Crippen molar-refractivity contribution in [3.8, 4) is 23.3 Å². The normalized spacial score (nSPS) is 14.7. The molecule has 12 heteroatoms. The fourth-order valence-electron chi connectivity index (χ4n) is 5.62. The van der Waals surface area contributed by atoms with Gasteiger partial charge < -0.3 is 14.4 Å². The van der Waals surface area contributed by atoms with Crippen LogP contribution in [0.15, 0.2) is 69.9 Å². The van der Waals surface area contributed by atoms with Gasteiger partial charge in [-0.1, -0.05) is 24.6 Å². The highest BCUT2D eigenvalue weighted by Crippen LogP contribution is 2.31. The summed E-state index contributed by atoms with van der Waals surface area (Å²) in [6.07, 6.45) is 2.10. The minimum absolute atomic E-state index is 0.0202. The predicted molar refractivity (Wildman–Crippen MR) is 172 cm³/mol. The molecule has 9 nitrogen and oxygen atoms in total. The van der Waals surface area contributed by atoms with Gasteiger partial charge >= 0.3 is 5.69 Å². The van der Waals surface area contributed by atoms with Gasteiger partial charge in [0.1, 0.15) is 29.1 Å². The van der Waals surface area contributed by atoms with Gasteiger partial charge in [0.2, 0.25) is 0 Å². The van der Waals surface area contributed by atoms with Gasteiger partial charge in [-0.05, 0) is 88.8 Å². The van der Waals surface area contributed by atoms with E-state index >= 15 is 4.39 Å². The lowest BCUT2D eigenvalue weighted by atomic mass is 9.93. The first-order chi connectivity index (χ1) is 22.1. The number of hydrogen-bond donors (Lipinski definition) is 0. The number of benzene rings is 3. The van der Waals surface area contributed by atoms with Gasteiger partial charge in [-0.3, -0.25) is 18.7 Å². The molecule has 1 amide bonds. The minimum Gasteiger partial charge on any atom is -0.490 e. The lowest BCUT2D eigenvalue weighted by molar-refractivity contribution is 0.0706. The van der Waals surface area contributed by atoms with Crippen molar-refractivity contribution >= 4 is 39.2 Å². The summed E-state index contributed by atoms with van der Waals surface area (Å²) in [6, 6.07) is 18.1. The molecule has 0 saturated heterocycles. The zero-order valence-corrected chi connectivity index (χ0v) is 27.2. The lowest BCUT2D eigenvalue weighted by Gasteiger charge is -2.28. The molecular formula is C34H29BrClFN4O5.